The zero-order valence-electron chi connectivity index (χ0n) is 7.84. The molecule has 15 heavy (non-hydrogen) atoms. The van der Waals surface area contributed by atoms with E-state index in [1.54, 1.807) is 6.07 Å². The van der Waals surface area contributed by atoms with Gasteiger partial charge >= 0.3 is 6.16 Å². The molecule has 1 aliphatic rings. The molecule has 0 saturated carbocycles. The fourth-order valence-corrected chi connectivity index (χ4v) is 1.55. The Kier molecular flexibility index (Phi) is 2.37. The SMILES string of the molecule is O=C(O)OC1COc2cc(O)ccc2C1. The molecule has 0 amide bonds. The van der Waals surface area contributed by atoms with Crippen molar-refractivity contribution < 1.29 is 24.5 Å². The van der Waals surface area contributed by atoms with Crippen LogP contribution in [0.1, 0.15) is 5.56 Å². The number of carboxylic acid groups (broad SMARTS) is 1. The standard InChI is InChI=1S/C10H10O5/c11-7-2-1-6-3-8(15-10(12)13)5-14-9(6)4-7/h1-2,4,8,11H,3,5H2,(H,12,13). The summed E-state index contributed by atoms with van der Waals surface area (Å²) in [4.78, 5) is 10.3. The van der Waals surface area contributed by atoms with Gasteiger partial charge in [-0.25, -0.2) is 4.79 Å². The Hall–Kier alpha value is -1.91. The van der Waals surface area contributed by atoms with Crippen molar-refractivity contribution in [2.24, 2.45) is 0 Å². The highest BCUT2D eigenvalue weighted by molar-refractivity contribution is 5.57. The van der Waals surface area contributed by atoms with Gasteiger partial charge in [0.1, 0.15) is 24.2 Å². The third kappa shape index (κ3) is 2.12. The van der Waals surface area contributed by atoms with Crippen molar-refractivity contribution in [1.82, 2.24) is 0 Å². The van der Waals surface area contributed by atoms with Gasteiger partial charge in [-0.05, 0) is 11.6 Å². The molecule has 0 bridgehead atoms. The van der Waals surface area contributed by atoms with Gasteiger partial charge in [0.25, 0.3) is 0 Å². The lowest BCUT2D eigenvalue weighted by atomic mass is 10.0. The number of rotatable bonds is 1. The van der Waals surface area contributed by atoms with E-state index in [1.165, 1.54) is 12.1 Å². The van der Waals surface area contributed by atoms with Gasteiger partial charge in [-0.3, -0.25) is 0 Å². The first-order chi connectivity index (χ1) is 7.15. The molecule has 1 aliphatic heterocycles. The maximum absolute atomic E-state index is 10.3. The molecular weight excluding hydrogens is 200 g/mol. The first-order valence-electron chi connectivity index (χ1n) is 4.49. The first-order valence-corrected chi connectivity index (χ1v) is 4.49. The summed E-state index contributed by atoms with van der Waals surface area (Å²) < 4.78 is 9.88. The van der Waals surface area contributed by atoms with Crippen molar-refractivity contribution in [3.05, 3.63) is 23.8 Å². The van der Waals surface area contributed by atoms with Crippen molar-refractivity contribution in [2.75, 3.05) is 6.61 Å². The van der Waals surface area contributed by atoms with Crippen molar-refractivity contribution in [1.29, 1.82) is 0 Å². The molecule has 1 atom stereocenters. The van der Waals surface area contributed by atoms with Gasteiger partial charge in [-0.1, -0.05) is 6.07 Å². The molecule has 2 rings (SSSR count). The third-order valence-corrected chi connectivity index (χ3v) is 2.19. The number of hydrogen-bond donors (Lipinski definition) is 2. The van der Waals surface area contributed by atoms with Crippen molar-refractivity contribution in [2.45, 2.75) is 12.5 Å². The predicted molar refractivity (Wildman–Crippen MR) is 50.2 cm³/mol. The maximum Gasteiger partial charge on any atom is 0.506 e. The molecule has 5 nitrogen and oxygen atoms in total. The quantitative estimate of drug-likeness (QED) is 0.685. The molecule has 0 aromatic heterocycles. The summed E-state index contributed by atoms with van der Waals surface area (Å²) >= 11 is 0. The smallest absolute Gasteiger partial charge is 0.506 e. The number of phenols is 1. The van der Waals surface area contributed by atoms with Crippen LogP contribution in [0.3, 0.4) is 0 Å². The van der Waals surface area contributed by atoms with Crippen LogP contribution in [-0.2, 0) is 11.2 Å². The zero-order valence-corrected chi connectivity index (χ0v) is 7.84. The van der Waals surface area contributed by atoms with Gasteiger partial charge < -0.3 is 19.7 Å². The van der Waals surface area contributed by atoms with E-state index >= 15 is 0 Å². The Morgan fingerprint density at radius 2 is 2.33 bits per heavy atom. The number of benzene rings is 1. The lowest BCUT2D eigenvalue weighted by Gasteiger charge is -2.24. The minimum Gasteiger partial charge on any atom is -0.508 e. The number of fused-ring (bicyclic) bond motifs is 1. The van der Waals surface area contributed by atoms with Gasteiger partial charge in [0.05, 0.1) is 0 Å². The molecule has 0 spiro atoms. The van der Waals surface area contributed by atoms with Crippen LogP contribution < -0.4 is 4.74 Å². The average molecular weight is 210 g/mol. The van der Waals surface area contributed by atoms with E-state index in [0.29, 0.717) is 12.2 Å². The Morgan fingerprint density at radius 3 is 3.07 bits per heavy atom. The second-order valence-corrected chi connectivity index (χ2v) is 3.31. The third-order valence-electron chi connectivity index (χ3n) is 2.19. The van der Waals surface area contributed by atoms with Crippen molar-refractivity contribution in [3.8, 4) is 11.5 Å². The van der Waals surface area contributed by atoms with Crippen LogP contribution in [0.5, 0.6) is 11.5 Å². The monoisotopic (exact) mass is 210 g/mol. The molecule has 2 N–H and O–H groups in total. The summed E-state index contributed by atoms with van der Waals surface area (Å²) in [6.07, 6.45) is -1.30. The molecule has 1 aromatic rings. The molecule has 0 aliphatic carbocycles. The Morgan fingerprint density at radius 1 is 1.53 bits per heavy atom. The molecule has 1 unspecified atom stereocenters. The second-order valence-electron chi connectivity index (χ2n) is 3.31. The number of aromatic hydroxyl groups is 1. The maximum atomic E-state index is 10.3. The van der Waals surface area contributed by atoms with Gasteiger partial charge in [-0.2, -0.15) is 0 Å². The predicted octanol–water partition coefficient (Wildman–Crippen LogP) is 1.39. The van der Waals surface area contributed by atoms with Gasteiger partial charge in [0.15, 0.2) is 0 Å². The Balaban J connectivity index is 2.13. The molecule has 0 radical (unpaired) electrons. The lowest BCUT2D eigenvalue weighted by molar-refractivity contribution is 0.0228. The van der Waals surface area contributed by atoms with Crippen molar-refractivity contribution >= 4 is 6.16 Å². The van der Waals surface area contributed by atoms with E-state index in [9.17, 15) is 9.90 Å². The summed E-state index contributed by atoms with van der Waals surface area (Å²) in [6.45, 7) is 0.183. The molecule has 1 aromatic carbocycles. The Labute approximate surface area is 85.9 Å². The fraction of sp³-hybridized carbons (Fsp3) is 0.300. The summed E-state index contributed by atoms with van der Waals surface area (Å²) in [5.74, 6) is 0.714. The van der Waals surface area contributed by atoms with Crippen LogP contribution in [0.25, 0.3) is 0 Å². The summed E-state index contributed by atoms with van der Waals surface area (Å²) in [5, 5.41) is 17.6. The highest BCUT2D eigenvalue weighted by atomic mass is 16.7. The van der Waals surface area contributed by atoms with E-state index in [-0.39, 0.29) is 12.4 Å². The van der Waals surface area contributed by atoms with Crippen LogP contribution in [0.15, 0.2) is 18.2 Å². The zero-order chi connectivity index (χ0) is 10.8. The highest BCUT2D eigenvalue weighted by Crippen LogP contribution is 2.29. The number of hydrogen-bond acceptors (Lipinski definition) is 4. The van der Waals surface area contributed by atoms with Crippen LogP contribution in [0.2, 0.25) is 0 Å². The minimum absolute atomic E-state index is 0.131. The van der Waals surface area contributed by atoms with E-state index in [4.69, 9.17) is 9.84 Å². The highest BCUT2D eigenvalue weighted by Gasteiger charge is 2.23. The normalized spacial score (nSPS) is 18.8. The molecule has 80 valence electrons. The van der Waals surface area contributed by atoms with E-state index in [1.807, 2.05) is 0 Å². The minimum atomic E-state index is -1.30. The topological polar surface area (TPSA) is 76.0 Å². The molecule has 0 fully saturated rings. The number of carbonyl (C=O) groups is 1. The summed E-state index contributed by atoms with van der Waals surface area (Å²) in [7, 11) is 0. The largest absolute Gasteiger partial charge is 0.508 e. The second kappa shape index (κ2) is 3.68. The number of phenolic OH excluding ortho intramolecular Hbond substituents is 1. The number of ether oxygens (including phenoxy) is 2. The molecule has 0 saturated heterocycles. The lowest BCUT2D eigenvalue weighted by Crippen LogP contribution is -2.30. The van der Waals surface area contributed by atoms with Gasteiger partial charge in [0, 0.05) is 12.5 Å². The van der Waals surface area contributed by atoms with Crippen LogP contribution >= 0.6 is 0 Å². The summed E-state index contributed by atoms with van der Waals surface area (Å²) in [5.41, 5.74) is 0.838. The van der Waals surface area contributed by atoms with E-state index in [0.717, 1.165) is 5.56 Å². The van der Waals surface area contributed by atoms with Crippen LogP contribution in [-0.4, -0.2) is 29.1 Å². The fourth-order valence-electron chi connectivity index (χ4n) is 1.55. The van der Waals surface area contributed by atoms with E-state index < -0.39 is 12.3 Å². The molecular formula is C10H10O5. The van der Waals surface area contributed by atoms with Crippen molar-refractivity contribution in [3.63, 3.8) is 0 Å². The van der Waals surface area contributed by atoms with Crippen LogP contribution in [0.4, 0.5) is 4.79 Å². The first kappa shape index (κ1) is 9.64. The van der Waals surface area contributed by atoms with E-state index in [2.05, 4.69) is 4.74 Å². The molecule has 5 heteroatoms. The Bertz CT molecular complexity index is 387. The average Bonchev–Trinajstić information content (AvgIpc) is 2.17. The van der Waals surface area contributed by atoms with Gasteiger partial charge in [-0.15, -0.1) is 0 Å². The summed E-state index contributed by atoms with van der Waals surface area (Å²) in [6, 6.07) is 4.74. The molecule has 1 heterocycles. The van der Waals surface area contributed by atoms with Gasteiger partial charge in [0.2, 0.25) is 0 Å². The van der Waals surface area contributed by atoms with Crippen LogP contribution in [0, 0.1) is 0 Å².